The monoisotopic (exact) mass is 523 g/mol. The zero-order chi connectivity index (χ0) is 25.5. The van der Waals surface area contributed by atoms with Gasteiger partial charge in [-0.05, 0) is 67.8 Å². The molecule has 0 radical (unpaired) electrons. The van der Waals surface area contributed by atoms with E-state index >= 15 is 0 Å². The summed E-state index contributed by atoms with van der Waals surface area (Å²) >= 11 is 11.1. The molecule has 0 saturated heterocycles. The Kier molecular flexibility index (Phi) is 5.74. The molecule has 0 spiro atoms. The molecule has 3 heterocycles. The third kappa shape index (κ3) is 4.05. The first-order valence-electron chi connectivity index (χ1n) is 11.6. The van der Waals surface area contributed by atoms with Crippen LogP contribution in [0.4, 0.5) is 0 Å². The SMILES string of the molecule is Cc1ccc2c(c1)c(=O)c(-c1n[nH]c(=S)n1-c1ccccc1)cn2Cc1n[nH]c(=S)n1-c1ccccc1. The maximum absolute atomic E-state index is 13.8. The second-order valence-corrected chi connectivity index (χ2v) is 9.43. The summed E-state index contributed by atoms with van der Waals surface area (Å²) in [5, 5.41) is 15.3. The maximum Gasteiger partial charge on any atom is 0.200 e. The highest BCUT2D eigenvalue weighted by Gasteiger charge is 2.19. The summed E-state index contributed by atoms with van der Waals surface area (Å²) in [6.07, 6.45) is 1.82. The van der Waals surface area contributed by atoms with Crippen LogP contribution in [-0.4, -0.2) is 34.1 Å². The lowest BCUT2D eigenvalue weighted by molar-refractivity contribution is 0.741. The first-order chi connectivity index (χ1) is 18.0. The quantitative estimate of drug-likeness (QED) is 0.291. The molecule has 0 atom stereocenters. The number of fused-ring (bicyclic) bond motifs is 1. The summed E-state index contributed by atoms with van der Waals surface area (Å²) in [4.78, 5) is 13.8. The minimum atomic E-state index is -0.122. The van der Waals surface area contributed by atoms with Gasteiger partial charge in [-0.25, -0.2) is 0 Å². The summed E-state index contributed by atoms with van der Waals surface area (Å²) in [7, 11) is 0. The van der Waals surface area contributed by atoms with E-state index in [0.717, 1.165) is 22.5 Å². The van der Waals surface area contributed by atoms with Crippen LogP contribution in [-0.2, 0) is 6.54 Å². The molecule has 0 unspecified atom stereocenters. The Labute approximate surface area is 221 Å². The molecule has 0 fully saturated rings. The van der Waals surface area contributed by atoms with E-state index in [2.05, 4.69) is 20.4 Å². The van der Waals surface area contributed by atoms with Crippen LogP contribution in [0.25, 0.3) is 33.7 Å². The molecule has 182 valence electrons. The average Bonchev–Trinajstić information content (AvgIpc) is 3.48. The Morgan fingerprint density at radius 2 is 1.43 bits per heavy atom. The van der Waals surface area contributed by atoms with Gasteiger partial charge in [0.15, 0.2) is 26.6 Å². The normalized spacial score (nSPS) is 11.3. The van der Waals surface area contributed by atoms with Gasteiger partial charge >= 0.3 is 0 Å². The number of rotatable bonds is 5. The van der Waals surface area contributed by atoms with Crippen molar-refractivity contribution in [3.8, 4) is 22.8 Å². The van der Waals surface area contributed by atoms with Crippen molar-refractivity contribution in [2.24, 2.45) is 0 Å². The fourth-order valence-electron chi connectivity index (χ4n) is 4.53. The minimum absolute atomic E-state index is 0.122. The Balaban J connectivity index is 1.59. The zero-order valence-electron chi connectivity index (χ0n) is 19.8. The third-order valence-electron chi connectivity index (χ3n) is 6.23. The van der Waals surface area contributed by atoms with Crippen molar-refractivity contribution >= 4 is 35.3 Å². The van der Waals surface area contributed by atoms with Crippen LogP contribution >= 0.6 is 24.4 Å². The molecule has 0 saturated carbocycles. The molecule has 0 aliphatic rings. The van der Waals surface area contributed by atoms with Crippen molar-refractivity contribution in [3.05, 3.63) is 116 Å². The van der Waals surface area contributed by atoms with E-state index in [-0.39, 0.29) is 5.43 Å². The van der Waals surface area contributed by atoms with E-state index < -0.39 is 0 Å². The predicted octanol–water partition coefficient (Wildman–Crippen LogP) is 5.51. The van der Waals surface area contributed by atoms with Crippen molar-refractivity contribution < 1.29 is 0 Å². The van der Waals surface area contributed by atoms with Crippen LogP contribution < -0.4 is 5.43 Å². The lowest BCUT2D eigenvalue weighted by Gasteiger charge is -2.15. The van der Waals surface area contributed by atoms with Crippen LogP contribution in [0.2, 0.25) is 0 Å². The number of hydrogen-bond acceptors (Lipinski definition) is 5. The van der Waals surface area contributed by atoms with Gasteiger partial charge in [-0.1, -0.05) is 48.0 Å². The Hall–Kier alpha value is -4.41. The average molecular weight is 524 g/mol. The lowest BCUT2D eigenvalue weighted by Crippen LogP contribution is -2.16. The Morgan fingerprint density at radius 1 is 0.811 bits per heavy atom. The maximum atomic E-state index is 13.8. The van der Waals surface area contributed by atoms with Crippen LogP contribution in [0.15, 0.2) is 89.9 Å². The molecule has 10 heteroatoms. The molecule has 6 rings (SSSR count). The number of pyridine rings is 1. The fourth-order valence-corrected chi connectivity index (χ4v) is 5.02. The van der Waals surface area contributed by atoms with E-state index in [9.17, 15) is 4.79 Å². The molecule has 8 nitrogen and oxygen atoms in total. The van der Waals surface area contributed by atoms with Gasteiger partial charge in [0.2, 0.25) is 0 Å². The summed E-state index contributed by atoms with van der Waals surface area (Å²) in [5.41, 5.74) is 3.80. The summed E-state index contributed by atoms with van der Waals surface area (Å²) in [6, 6.07) is 25.3. The first-order valence-corrected chi connectivity index (χ1v) is 12.4. The number of aryl methyl sites for hydroxylation is 1. The lowest BCUT2D eigenvalue weighted by atomic mass is 10.1. The Morgan fingerprint density at radius 3 is 2.14 bits per heavy atom. The molecule has 2 N–H and O–H groups in total. The van der Waals surface area contributed by atoms with E-state index in [1.54, 1.807) is 4.57 Å². The number of hydrogen-bond donors (Lipinski definition) is 2. The fraction of sp³-hybridized carbons (Fsp3) is 0.0741. The van der Waals surface area contributed by atoms with Crippen molar-refractivity contribution in [3.63, 3.8) is 0 Å². The van der Waals surface area contributed by atoms with Gasteiger partial charge in [-0.2, -0.15) is 10.2 Å². The molecule has 3 aromatic heterocycles. The van der Waals surface area contributed by atoms with Gasteiger partial charge in [-0.15, -0.1) is 0 Å². The number of aromatic amines is 2. The number of H-pyrrole nitrogens is 2. The Bertz CT molecular complexity index is 1930. The molecule has 0 aliphatic heterocycles. The van der Waals surface area contributed by atoms with E-state index in [1.807, 2.05) is 101 Å². The molecule has 0 bridgehead atoms. The second-order valence-electron chi connectivity index (χ2n) is 8.66. The first kappa shape index (κ1) is 23.0. The van der Waals surface area contributed by atoms with Crippen molar-refractivity contribution in [1.29, 1.82) is 0 Å². The summed E-state index contributed by atoms with van der Waals surface area (Å²) in [6.45, 7) is 2.34. The number of aromatic nitrogens is 7. The molecular weight excluding hydrogens is 502 g/mol. The minimum Gasteiger partial charge on any atom is -0.339 e. The molecule has 3 aromatic carbocycles. The highest BCUT2D eigenvalue weighted by Crippen LogP contribution is 2.24. The molecule has 37 heavy (non-hydrogen) atoms. The van der Waals surface area contributed by atoms with E-state index in [1.165, 1.54) is 0 Å². The van der Waals surface area contributed by atoms with Gasteiger partial charge in [0.25, 0.3) is 0 Å². The van der Waals surface area contributed by atoms with Gasteiger partial charge in [0, 0.05) is 23.0 Å². The molecular formula is C27H21N7OS2. The van der Waals surface area contributed by atoms with Crippen LogP contribution in [0.1, 0.15) is 11.4 Å². The van der Waals surface area contributed by atoms with Gasteiger partial charge < -0.3 is 4.57 Å². The topological polar surface area (TPSA) is 89.2 Å². The van der Waals surface area contributed by atoms with Gasteiger partial charge in [-0.3, -0.25) is 24.1 Å². The highest BCUT2D eigenvalue weighted by molar-refractivity contribution is 7.71. The summed E-state index contributed by atoms with van der Waals surface area (Å²) < 4.78 is 6.57. The molecule has 0 amide bonds. The van der Waals surface area contributed by atoms with E-state index in [0.29, 0.717) is 38.7 Å². The van der Waals surface area contributed by atoms with E-state index in [4.69, 9.17) is 24.4 Å². The van der Waals surface area contributed by atoms with Crippen molar-refractivity contribution in [1.82, 2.24) is 34.1 Å². The van der Waals surface area contributed by atoms with Crippen LogP contribution in [0, 0.1) is 16.5 Å². The van der Waals surface area contributed by atoms with Crippen LogP contribution in [0.5, 0.6) is 0 Å². The highest BCUT2D eigenvalue weighted by atomic mass is 32.1. The largest absolute Gasteiger partial charge is 0.339 e. The third-order valence-corrected chi connectivity index (χ3v) is 6.78. The number of para-hydroxylation sites is 2. The van der Waals surface area contributed by atoms with Gasteiger partial charge in [0.05, 0.1) is 17.6 Å². The molecule has 0 aliphatic carbocycles. The zero-order valence-corrected chi connectivity index (χ0v) is 21.4. The number of benzene rings is 3. The molecule has 6 aromatic rings. The smallest absolute Gasteiger partial charge is 0.200 e. The standard InChI is InChI=1S/C27H21N7OS2/c1-17-12-13-22-20(14-17)24(35)21(25-29-31-27(37)34(25)19-10-6-3-7-11-19)15-32(22)16-23-28-30-26(36)33(23)18-8-4-2-5-9-18/h2-15H,16H2,1H3,(H,30,36)(H,31,37). The predicted molar refractivity (Wildman–Crippen MR) is 149 cm³/mol. The number of nitrogens with zero attached hydrogens (tertiary/aromatic N) is 5. The summed E-state index contributed by atoms with van der Waals surface area (Å²) in [5.74, 6) is 1.15. The van der Waals surface area contributed by atoms with Crippen molar-refractivity contribution in [2.75, 3.05) is 0 Å². The van der Waals surface area contributed by atoms with Gasteiger partial charge in [0.1, 0.15) is 0 Å². The van der Waals surface area contributed by atoms with Crippen LogP contribution in [0.3, 0.4) is 0 Å². The number of nitrogens with one attached hydrogen (secondary N) is 2. The second kappa shape index (κ2) is 9.23. The van der Waals surface area contributed by atoms with Crippen molar-refractivity contribution in [2.45, 2.75) is 13.5 Å².